The molecule has 0 unspecified atom stereocenters. The molecule has 19 heavy (non-hydrogen) atoms. The van der Waals surface area contributed by atoms with Crippen molar-refractivity contribution >= 4 is 27.5 Å². The Labute approximate surface area is 129 Å². The fourth-order valence-electron chi connectivity index (χ4n) is 2.62. The lowest BCUT2D eigenvalue weighted by Gasteiger charge is -2.25. The van der Waals surface area contributed by atoms with Crippen molar-refractivity contribution in [3.63, 3.8) is 0 Å². The molecule has 0 spiro atoms. The molecular weight excluding hydrogens is 326 g/mol. The van der Waals surface area contributed by atoms with Gasteiger partial charge in [-0.25, -0.2) is 0 Å². The largest absolute Gasteiger partial charge is 0.496 e. The lowest BCUT2D eigenvalue weighted by molar-refractivity contribution is 0.344. The molecule has 4 heteroatoms. The van der Waals surface area contributed by atoms with Gasteiger partial charge in [0, 0.05) is 22.0 Å². The van der Waals surface area contributed by atoms with Crippen LogP contribution in [0.3, 0.4) is 0 Å². The fourth-order valence-corrected chi connectivity index (χ4v) is 3.28. The van der Waals surface area contributed by atoms with Crippen molar-refractivity contribution in [2.75, 3.05) is 13.7 Å². The van der Waals surface area contributed by atoms with Crippen molar-refractivity contribution in [3.05, 3.63) is 28.2 Å². The van der Waals surface area contributed by atoms with Crippen LogP contribution in [0, 0.1) is 5.92 Å². The smallest absolute Gasteiger partial charge is 0.123 e. The highest BCUT2D eigenvalue weighted by molar-refractivity contribution is 9.10. The number of methoxy groups -OCH3 is 1. The standard InChI is InChI=1S/C15H21BrClNO/c1-19-15-7-4-13(16)8-12(15)10-18-9-11-2-5-14(17)6-3-11/h4,7-8,11,14,18H,2-3,5-6,9-10H2,1H3. The van der Waals surface area contributed by atoms with Gasteiger partial charge in [-0.15, -0.1) is 11.6 Å². The molecule has 1 fully saturated rings. The van der Waals surface area contributed by atoms with Crippen LogP contribution in [0.5, 0.6) is 5.75 Å². The summed E-state index contributed by atoms with van der Waals surface area (Å²) >= 11 is 9.63. The molecule has 1 saturated carbocycles. The Morgan fingerprint density at radius 3 is 2.74 bits per heavy atom. The lowest BCUT2D eigenvalue weighted by atomic mass is 9.89. The maximum Gasteiger partial charge on any atom is 0.123 e. The molecule has 1 aromatic carbocycles. The van der Waals surface area contributed by atoms with Gasteiger partial charge < -0.3 is 10.1 Å². The fraction of sp³-hybridized carbons (Fsp3) is 0.600. The van der Waals surface area contributed by atoms with Gasteiger partial charge in [0.25, 0.3) is 0 Å². The zero-order chi connectivity index (χ0) is 13.7. The first-order chi connectivity index (χ1) is 9.19. The van der Waals surface area contributed by atoms with E-state index in [1.54, 1.807) is 7.11 Å². The van der Waals surface area contributed by atoms with Crippen molar-refractivity contribution in [1.29, 1.82) is 0 Å². The van der Waals surface area contributed by atoms with E-state index in [0.29, 0.717) is 5.38 Å². The first-order valence-corrected chi connectivity index (χ1v) is 8.09. The average Bonchev–Trinajstić information content (AvgIpc) is 2.41. The molecule has 0 heterocycles. The van der Waals surface area contributed by atoms with Crippen LogP contribution in [0.4, 0.5) is 0 Å². The molecule has 0 amide bonds. The second-order valence-electron chi connectivity index (χ2n) is 5.21. The van der Waals surface area contributed by atoms with Gasteiger partial charge in [0.15, 0.2) is 0 Å². The number of hydrogen-bond donors (Lipinski definition) is 1. The number of hydrogen-bond acceptors (Lipinski definition) is 2. The number of benzene rings is 1. The number of nitrogens with one attached hydrogen (secondary N) is 1. The number of rotatable bonds is 5. The lowest BCUT2D eigenvalue weighted by Crippen LogP contribution is -2.26. The van der Waals surface area contributed by atoms with Gasteiger partial charge in [-0.1, -0.05) is 15.9 Å². The Balaban J connectivity index is 1.80. The van der Waals surface area contributed by atoms with E-state index in [4.69, 9.17) is 16.3 Å². The molecule has 2 nitrogen and oxygen atoms in total. The maximum absolute atomic E-state index is 6.13. The van der Waals surface area contributed by atoms with E-state index in [9.17, 15) is 0 Å². The Hall–Kier alpha value is -0.250. The van der Waals surface area contributed by atoms with Gasteiger partial charge in [-0.2, -0.15) is 0 Å². The normalized spacial score (nSPS) is 23.3. The topological polar surface area (TPSA) is 21.3 Å². The monoisotopic (exact) mass is 345 g/mol. The van der Waals surface area contributed by atoms with E-state index < -0.39 is 0 Å². The minimum Gasteiger partial charge on any atom is -0.496 e. The molecule has 0 bridgehead atoms. The van der Waals surface area contributed by atoms with Crippen molar-refractivity contribution in [2.24, 2.45) is 5.92 Å². The van der Waals surface area contributed by atoms with Gasteiger partial charge in [0.05, 0.1) is 7.11 Å². The van der Waals surface area contributed by atoms with E-state index >= 15 is 0 Å². The zero-order valence-electron chi connectivity index (χ0n) is 11.3. The number of halogens is 2. The molecule has 0 aromatic heterocycles. The van der Waals surface area contributed by atoms with Crippen LogP contribution in [0.15, 0.2) is 22.7 Å². The zero-order valence-corrected chi connectivity index (χ0v) is 13.6. The first-order valence-electron chi connectivity index (χ1n) is 6.86. The van der Waals surface area contributed by atoms with Crippen molar-refractivity contribution < 1.29 is 4.74 Å². The Morgan fingerprint density at radius 1 is 1.32 bits per heavy atom. The SMILES string of the molecule is COc1ccc(Br)cc1CNCC1CCC(Cl)CC1. The van der Waals surface area contributed by atoms with Gasteiger partial charge in [-0.05, 0) is 56.3 Å². The molecular formula is C15H21BrClNO. The van der Waals surface area contributed by atoms with Crippen LogP contribution >= 0.6 is 27.5 Å². The molecule has 0 atom stereocenters. The predicted molar refractivity (Wildman–Crippen MR) is 84.0 cm³/mol. The van der Waals surface area contributed by atoms with Crippen LogP contribution in [-0.4, -0.2) is 19.0 Å². The number of ether oxygens (including phenoxy) is 1. The minimum atomic E-state index is 0.404. The summed E-state index contributed by atoms with van der Waals surface area (Å²) in [5, 5.41) is 3.95. The third-order valence-corrected chi connectivity index (χ3v) is 4.70. The van der Waals surface area contributed by atoms with E-state index in [-0.39, 0.29) is 0 Å². The molecule has 1 N–H and O–H groups in total. The summed E-state index contributed by atoms with van der Waals surface area (Å²) in [5.74, 6) is 1.72. The summed E-state index contributed by atoms with van der Waals surface area (Å²) in [5.41, 5.74) is 1.20. The summed E-state index contributed by atoms with van der Waals surface area (Å²) in [4.78, 5) is 0. The summed E-state index contributed by atoms with van der Waals surface area (Å²) < 4.78 is 6.47. The van der Waals surface area contributed by atoms with Gasteiger partial charge in [0.1, 0.15) is 5.75 Å². The van der Waals surface area contributed by atoms with Gasteiger partial charge in [-0.3, -0.25) is 0 Å². The minimum absolute atomic E-state index is 0.404. The summed E-state index contributed by atoms with van der Waals surface area (Å²) in [6.07, 6.45) is 4.82. The van der Waals surface area contributed by atoms with E-state index in [1.165, 1.54) is 18.4 Å². The molecule has 1 aromatic rings. The van der Waals surface area contributed by atoms with Gasteiger partial charge >= 0.3 is 0 Å². The molecule has 0 aliphatic heterocycles. The Kier molecular flexibility index (Phi) is 5.99. The molecule has 0 radical (unpaired) electrons. The average molecular weight is 347 g/mol. The molecule has 106 valence electrons. The van der Waals surface area contributed by atoms with E-state index in [0.717, 1.165) is 42.1 Å². The van der Waals surface area contributed by atoms with E-state index in [2.05, 4.69) is 27.3 Å². The molecule has 0 saturated heterocycles. The van der Waals surface area contributed by atoms with Crippen molar-refractivity contribution in [2.45, 2.75) is 37.6 Å². The molecule has 1 aliphatic rings. The highest BCUT2D eigenvalue weighted by Gasteiger charge is 2.19. The highest BCUT2D eigenvalue weighted by atomic mass is 79.9. The van der Waals surface area contributed by atoms with E-state index in [1.807, 2.05) is 12.1 Å². The van der Waals surface area contributed by atoms with Crippen LogP contribution < -0.4 is 10.1 Å². The second kappa shape index (κ2) is 7.51. The second-order valence-corrected chi connectivity index (χ2v) is 6.74. The van der Waals surface area contributed by atoms with Crippen LogP contribution in [0.25, 0.3) is 0 Å². The quantitative estimate of drug-likeness (QED) is 0.801. The maximum atomic E-state index is 6.13. The highest BCUT2D eigenvalue weighted by Crippen LogP contribution is 2.27. The summed E-state index contributed by atoms with van der Waals surface area (Å²) in [6.45, 7) is 1.92. The summed E-state index contributed by atoms with van der Waals surface area (Å²) in [6, 6.07) is 6.12. The van der Waals surface area contributed by atoms with Gasteiger partial charge in [0.2, 0.25) is 0 Å². The molecule has 1 aliphatic carbocycles. The third kappa shape index (κ3) is 4.66. The van der Waals surface area contributed by atoms with Crippen LogP contribution in [-0.2, 0) is 6.54 Å². The Morgan fingerprint density at radius 2 is 2.05 bits per heavy atom. The van der Waals surface area contributed by atoms with Crippen molar-refractivity contribution in [3.8, 4) is 5.75 Å². The number of alkyl halides is 1. The third-order valence-electron chi connectivity index (χ3n) is 3.77. The first kappa shape index (κ1) is 15.1. The molecule has 2 rings (SSSR count). The van der Waals surface area contributed by atoms with Crippen molar-refractivity contribution in [1.82, 2.24) is 5.32 Å². The predicted octanol–water partition coefficient (Wildman–Crippen LogP) is 4.34. The summed E-state index contributed by atoms with van der Waals surface area (Å²) in [7, 11) is 1.72. The van der Waals surface area contributed by atoms with Crippen LogP contribution in [0.2, 0.25) is 0 Å². The Bertz CT molecular complexity index is 405. The van der Waals surface area contributed by atoms with Crippen LogP contribution in [0.1, 0.15) is 31.2 Å².